The van der Waals surface area contributed by atoms with Gasteiger partial charge in [0.25, 0.3) is 5.91 Å². The third-order valence-electron chi connectivity index (χ3n) is 5.04. The number of benzene rings is 2. The maximum atomic E-state index is 12.9. The molecule has 0 aliphatic heterocycles. The van der Waals surface area contributed by atoms with Crippen molar-refractivity contribution in [3.63, 3.8) is 0 Å². The van der Waals surface area contributed by atoms with E-state index in [1.54, 1.807) is 6.07 Å². The first kappa shape index (κ1) is 26.4. The van der Waals surface area contributed by atoms with Crippen LogP contribution in [0.3, 0.4) is 0 Å². The standard InChI is InChI=1S/C22H23Cl2N3O5S2/c1-4-5-10-26(2)34(30,31)16-8-6-14(7-9-16)21(29)25-22-27(13-19(28)32-3)20-17(24)11-15(23)12-18(20)33-22/h6-9,11-12H,4-5,10,13H2,1-3H3. The highest BCUT2D eigenvalue weighted by molar-refractivity contribution is 7.89. The van der Waals surface area contributed by atoms with E-state index in [1.165, 1.54) is 53.4 Å². The van der Waals surface area contributed by atoms with Gasteiger partial charge >= 0.3 is 5.97 Å². The lowest BCUT2D eigenvalue weighted by atomic mass is 10.2. The van der Waals surface area contributed by atoms with Crippen LogP contribution in [0.1, 0.15) is 30.1 Å². The van der Waals surface area contributed by atoms with Crippen molar-refractivity contribution in [1.29, 1.82) is 0 Å². The molecule has 0 aliphatic carbocycles. The van der Waals surface area contributed by atoms with Gasteiger partial charge in [-0.2, -0.15) is 4.99 Å². The summed E-state index contributed by atoms with van der Waals surface area (Å²) in [4.78, 5) is 29.3. The number of carbonyl (C=O) groups excluding carboxylic acids is 2. The monoisotopic (exact) mass is 543 g/mol. The van der Waals surface area contributed by atoms with Crippen LogP contribution in [0.15, 0.2) is 46.3 Å². The largest absolute Gasteiger partial charge is 0.468 e. The van der Waals surface area contributed by atoms with Gasteiger partial charge in [0.15, 0.2) is 4.80 Å². The summed E-state index contributed by atoms with van der Waals surface area (Å²) < 4.78 is 33.6. The average molecular weight is 544 g/mol. The first-order valence-corrected chi connectivity index (χ1v) is 13.3. The Morgan fingerprint density at radius 2 is 1.85 bits per heavy atom. The molecule has 0 saturated carbocycles. The van der Waals surface area contributed by atoms with Crippen LogP contribution in [0, 0.1) is 0 Å². The van der Waals surface area contributed by atoms with Crippen LogP contribution < -0.4 is 4.80 Å². The minimum atomic E-state index is -3.65. The molecule has 34 heavy (non-hydrogen) atoms. The van der Waals surface area contributed by atoms with Crippen LogP contribution in [0.5, 0.6) is 0 Å². The van der Waals surface area contributed by atoms with Gasteiger partial charge in [0.2, 0.25) is 10.0 Å². The van der Waals surface area contributed by atoms with Gasteiger partial charge < -0.3 is 9.30 Å². The Labute approximate surface area is 211 Å². The van der Waals surface area contributed by atoms with Crippen molar-refractivity contribution < 1.29 is 22.7 Å². The molecular formula is C22H23Cl2N3O5S2. The molecule has 0 atom stereocenters. The SMILES string of the molecule is CCCCN(C)S(=O)(=O)c1ccc(C(=O)N=c2sc3cc(Cl)cc(Cl)c3n2CC(=O)OC)cc1. The minimum absolute atomic E-state index is 0.0895. The molecule has 182 valence electrons. The van der Waals surface area contributed by atoms with Gasteiger partial charge in [0.1, 0.15) is 6.54 Å². The predicted molar refractivity (Wildman–Crippen MR) is 133 cm³/mol. The molecule has 0 aliphatic rings. The molecular weight excluding hydrogens is 521 g/mol. The Bertz CT molecular complexity index is 1400. The number of amides is 1. The summed E-state index contributed by atoms with van der Waals surface area (Å²) in [6.45, 7) is 2.19. The summed E-state index contributed by atoms with van der Waals surface area (Å²) in [5, 5.41) is 0.709. The fraction of sp³-hybridized carbons (Fsp3) is 0.318. The predicted octanol–water partition coefficient (Wildman–Crippen LogP) is 4.34. The summed E-state index contributed by atoms with van der Waals surface area (Å²) in [5.41, 5.74) is 0.700. The van der Waals surface area contributed by atoms with Crippen LogP contribution in [0.4, 0.5) is 0 Å². The number of halogens is 2. The zero-order chi connectivity index (χ0) is 25.0. The Morgan fingerprint density at radius 3 is 2.47 bits per heavy atom. The van der Waals surface area contributed by atoms with E-state index in [4.69, 9.17) is 27.9 Å². The fourth-order valence-electron chi connectivity index (χ4n) is 3.16. The summed E-state index contributed by atoms with van der Waals surface area (Å²) in [6.07, 6.45) is 1.63. The zero-order valence-electron chi connectivity index (χ0n) is 18.7. The number of ether oxygens (including phenoxy) is 1. The topological polar surface area (TPSA) is 98.0 Å². The van der Waals surface area contributed by atoms with Gasteiger partial charge in [0, 0.05) is 24.2 Å². The highest BCUT2D eigenvalue weighted by Gasteiger charge is 2.21. The number of fused-ring (bicyclic) bond motifs is 1. The second kappa shape index (κ2) is 11.0. The van der Waals surface area contributed by atoms with E-state index in [1.807, 2.05) is 6.92 Å². The molecule has 1 heterocycles. The number of hydrogen-bond acceptors (Lipinski definition) is 6. The number of sulfonamides is 1. The number of aromatic nitrogens is 1. The number of hydrogen-bond donors (Lipinski definition) is 0. The van der Waals surface area contributed by atoms with E-state index in [0.717, 1.165) is 24.2 Å². The highest BCUT2D eigenvalue weighted by Crippen LogP contribution is 2.30. The maximum Gasteiger partial charge on any atom is 0.325 e. The summed E-state index contributed by atoms with van der Waals surface area (Å²) in [7, 11) is -0.868. The second-order valence-corrected chi connectivity index (χ2v) is 11.3. The Balaban J connectivity index is 2.00. The van der Waals surface area contributed by atoms with Crippen LogP contribution >= 0.6 is 34.5 Å². The molecule has 8 nitrogen and oxygen atoms in total. The van der Waals surface area contributed by atoms with Gasteiger partial charge in [-0.05, 0) is 42.8 Å². The van der Waals surface area contributed by atoms with Crippen molar-refractivity contribution in [1.82, 2.24) is 8.87 Å². The summed E-state index contributed by atoms with van der Waals surface area (Å²) in [5.74, 6) is -1.14. The fourth-order valence-corrected chi connectivity index (χ4v) is 6.18. The first-order valence-electron chi connectivity index (χ1n) is 10.3. The molecule has 1 amide bonds. The number of esters is 1. The van der Waals surface area contributed by atoms with Gasteiger partial charge in [-0.15, -0.1) is 0 Å². The van der Waals surface area contributed by atoms with Crippen molar-refractivity contribution >= 4 is 66.7 Å². The molecule has 0 radical (unpaired) electrons. The summed E-state index contributed by atoms with van der Waals surface area (Å²) in [6, 6.07) is 8.78. The molecule has 0 unspecified atom stereocenters. The number of methoxy groups -OCH3 is 1. The Kier molecular flexibility index (Phi) is 8.53. The number of nitrogens with zero attached hydrogens (tertiary/aromatic N) is 3. The van der Waals surface area contributed by atoms with Crippen molar-refractivity contribution in [3.05, 3.63) is 56.8 Å². The molecule has 0 bridgehead atoms. The van der Waals surface area contributed by atoms with E-state index in [0.29, 0.717) is 26.8 Å². The van der Waals surface area contributed by atoms with E-state index in [2.05, 4.69) is 4.99 Å². The van der Waals surface area contributed by atoms with Crippen LogP contribution in [0.2, 0.25) is 10.0 Å². The third kappa shape index (κ3) is 5.69. The van der Waals surface area contributed by atoms with Crippen LogP contribution in [-0.4, -0.2) is 49.9 Å². The van der Waals surface area contributed by atoms with Gasteiger partial charge in [-0.3, -0.25) is 9.59 Å². The normalized spacial score (nSPS) is 12.5. The van der Waals surface area contributed by atoms with Crippen LogP contribution in [0.25, 0.3) is 10.2 Å². The average Bonchev–Trinajstić information content (AvgIpc) is 3.13. The maximum absolute atomic E-state index is 12.9. The Hall–Kier alpha value is -2.24. The summed E-state index contributed by atoms with van der Waals surface area (Å²) >= 11 is 13.6. The molecule has 0 N–H and O–H groups in total. The number of carbonyl (C=O) groups is 2. The second-order valence-electron chi connectivity index (χ2n) is 7.40. The molecule has 2 aromatic carbocycles. The van der Waals surface area contributed by atoms with Gasteiger partial charge in [0.05, 0.1) is 27.2 Å². The number of rotatable bonds is 8. The quantitative estimate of drug-likeness (QED) is 0.393. The minimum Gasteiger partial charge on any atom is -0.468 e. The highest BCUT2D eigenvalue weighted by atomic mass is 35.5. The third-order valence-corrected chi connectivity index (χ3v) is 8.45. The van der Waals surface area contributed by atoms with E-state index >= 15 is 0 Å². The van der Waals surface area contributed by atoms with Gasteiger partial charge in [-0.1, -0.05) is 47.9 Å². The molecule has 0 fully saturated rings. The lowest BCUT2D eigenvalue weighted by Gasteiger charge is -2.16. The number of unbranched alkanes of at least 4 members (excludes halogenated alkanes) is 1. The lowest BCUT2D eigenvalue weighted by Crippen LogP contribution is -2.27. The number of thiazole rings is 1. The lowest BCUT2D eigenvalue weighted by molar-refractivity contribution is -0.141. The Morgan fingerprint density at radius 1 is 1.18 bits per heavy atom. The van der Waals surface area contributed by atoms with E-state index in [-0.39, 0.29) is 21.8 Å². The van der Waals surface area contributed by atoms with Crippen molar-refractivity contribution in [2.75, 3.05) is 20.7 Å². The van der Waals surface area contributed by atoms with Crippen molar-refractivity contribution in [3.8, 4) is 0 Å². The van der Waals surface area contributed by atoms with Crippen molar-refractivity contribution in [2.45, 2.75) is 31.2 Å². The molecule has 0 spiro atoms. The first-order chi connectivity index (χ1) is 16.1. The molecule has 0 saturated heterocycles. The van der Waals surface area contributed by atoms with Crippen molar-refractivity contribution in [2.24, 2.45) is 4.99 Å². The molecule has 3 rings (SSSR count). The van der Waals surface area contributed by atoms with Gasteiger partial charge in [-0.25, -0.2) is 12.7 Å². The van der Waals surface area contributed by atoms with E-state index in [9.17, 15) is 18.0 Å². The van der Waals surface area contributed by atoms with Crippen LogP contribution in [-0.2, 0) is 26.1 Å². The molecule has 1 aromatic heterocycles. The molecule has 3 aromatic rings. The van der Waals surface area contributed by atoms with E-state index < -0.39 is 21.9 Å². The zero-order valence-corrected chi connectivity index (χ0v) is 21.9. The molecule has 12 heteroatoms. The smallest absolute Gasteiger partial charge is 0.325 e.